The highest BCUT2D eigenvalue weighted by Gasteiger charge is 2.34. The van der Waals surface area contributed by atoms with E-state index in [1.165, 1.54) is 16.8 Å². The van der Waals surface area contributed by atoms with Crippen LogP contribution in [0.15, 0.2) is 42.6 Å². The lowest BCUT2D eigenvalue weighted by Gasteiger charge is -2.16. The molecule has 146 valence electrons. The van der Waals surface area contributed by atoms with Gasteiger partial charge in [0.2, 0.25) is 0 Å². The molecule has 1 amide bonds. The van der Waals surface area contributed by atoms with Gasteiger partial charge in [-0.25, -0.2) is 4.68 Å². The number of nitrogens with zero attached hydrogens (tertiary/aromatic N) is 2. The van der Waals surface area contributed by atoms with Gasteiger partial charge in [0, 0.05) is 18.4 Å². The van der Waals surface area contributed by atoms with Crippen LogP contribution in [0.2, 0.25) is 0 Å². The molecular formula is C19H17F3N4OS. The van der Waals surface area contributed by atoms with Crippen molar-refractivity contribution in [2.75, 3.05) is 0 Å². The smallest absolute Gasteiger partial charge is 0.352 e. The largest absolute Gasteiger partial charge is 0.416 e. The highest BCUT2D eigenvalue weighted by Crippen LogP contribution is 2.33. The number of benzene rings is 1. The van der Waals surface area contributed by atoms with Crippen LogP contribution in [0.25, 0.3) is 5.69 Å². The monoisotopic (exact) mass is 406 g/mol. The number of nitrogens with one attached hydrogen (secondary N) is 2. The first-order valence-electron chi connectivity index (χ1n) is 8.36. The molecule has 28 heavy (non-hydrogen) atoms. The normalized spacial score (nSPS) is 11.5. The average Bonchev–Trinajstić information content (AvgIpc) is 2.97. The Morgan fingerprint density at radius 2 is 2.00 bits per heavy atom. The fourth-order valence-electron chi connectivity index (χ4n) is 2.88. The van der Waals surface area contributed by atoms with Gasteiger partial charge in [-0.1, -0.05) is 18.3 Å². The van der Waals surface area contributed by atoms with Crippen LogP contribution in [0.4, 0.5) is 13.2 Å². The molecule has 5 nitrogen and oxygen atoms in total. The van der Waals surface area contributed by atoms with Crippen LogP contribution in [0.3, 0.4) is 0 Å². The standard InChI is InChI=1S/C19H17F3N4OS/c1-11-8-12(2)26(25-11)14-6-5-13(16(9-14)19(20,21)22)10-24-17(27)15-4-3-7-23-18(15)28/h3-9H,10H2,1-2H3,(H,23,28)(H,24,27). The molecule has 3 aromatic rings. The highest BCUT2D eigenvalue weighted by atomic mass is 32.1. The SMILES string of the molecule is Cc1cc(C)n(-c2ccc(CNC(=O)c3ccc[nH]c3=S)c(C(F)(F)F)c2)n1. The second-order valence-corrected chi connectivity index (χ2v) is 6.68. The second kappa shape index (κ2) is 7.59. The van der Waals surface area contributed by atoms with E-state index in [4.69, 9.17) is 12.2 Å². The predicted octanol–water partition coefficient (Wildman–Crippen LogP) is 4.50. The minimum Gasteiger partial charge on any atom is -0.352 e. The lowest BCUT2D eigenvalue weighted by Crippen LogP contribution is -2.25. The number of H-pyrrole nitrogens is 1. The molecule has 0 spiro atoms. The van der Waals surface area contributed by atoms with E-state index in [2.05, 4.69) is 15.4 Å². The van der Waals surface area contributed by atoms with Gasteiger partial charge >= 0.3 is 6.18 Å². The molecule has 0 radical (unpaired) electrons. The van der Waals surface area contributed by atoms with Gasteiger partial charge in [0.1, 0.15) is 4.64 Å². The Morgan fingerprint density at radius 1 is 1.25 bits per heavy atom. The summed E-state index contributed by atoms with van der Waals surface area (Å²) in [6.45, 7) is 3.26. The Bertz CT molecular complexity index is 1090. The number of carbonyl (C=O) groups excluding carboxylic acids is 1. The van der Waals surface area contributed by atoms with Crippen LogP contribution in [0, 0.1) is 18.5 Å². The first-order chi connectivity index (χ1) is 13.2. The summed E-state index contributed by atoms with van der Waals surface area (Å²) in [7, 11) is 0. The molecule has 0 unspecified atom stereocenters. The molecule has 0 aliphatic heterocycles. The third-order valence-electron chi connectivity index (χ3n) is 4.16. The maximum atomic E-state index is 13.6. The predicted molar refractivity (Wildman–Crippen MR) is 101 cm³/mol. The van der Waals surface area contributed by atoms with Crippen LogP contribution in [-0.2, 0) is 12.7 Å². The lowest BCUT2D eigenvalue weighted by atomic mass is 10.1. The number of rotatable bonds is 4. The highest BCUT2D eigenvalue weighted by molar-refractivity contribution is 7.71. The number of aromatic nitrogens is 3. The molecule has 0 aliphatic rings. The van der Waals surface area contributed by atoms with Crippen LogP contribution in [-0.4, -0.2) is 20.7 Å². The molecule has 0 saturated heterocycles. The van der Waals surface area contributed by atoms with Crippen molar-refractivity contribution in [2.45, 2.75) is 26.6 Å². The summed E-state index contributed by atoms with van der Waals surface area (Å²) in [6.07, 6.45) is -3.01. The zero-order valence-electron chi connectivity index (χ0n) is 15.1. The Balaban J connectivity index is 1.91. The number of pyridine rings is 1. The molecule has 2 aromatic heterocycles. The van der Waals surface area contributed by atoms with Crippen molar-refractivity contribution in [3.05, 3.63) is 75.3 Å². The van der Waals surface area contributed by atoms with Crippen LogP contribution in [0.1, 0.15) is 32.9 Å². The van der Waals surface area contributed by atoms with Crippen molar-refractivity contribution in [2.24, 2.45) is 0 Å². The quantitative estimate of drug-likeness (QED) is 0.628. The zero-order chi connectivity index (χ0) is 20.5. The molecule has 3 rings (SSSR count). The summed E-state index contributed by atoms with van der Waals surface area (Å²) in [5.41, 5.74) is 1.07. The Kier molecular flexibility index (Phi) is 5.37. The van der Waals surface area contributed by atoms with Gasteiger partial charge in [0.25, 0.3) is 5.91 Å². The fraction of sp³-hybridized carbons (Fsp3) is 0.211. The van der Waals surface area contributed by atoms with Crippen molar-refractivity contribution in [3.8, 4) is 5.69 Å². The first-order valence-corrected chi connectivity index (χ1v) is 8.77. The molecule has 0 saturated carbocycles. The molecule has 1 aromatic carbocycles. The van der Waals surface area contributed by atoms with Gasteiger partial charge < -0.3 is 10.3 Å². The van der Waals surface area contributed by atoms with Gasteiger partial charge in [0.15, 0.2) is 0 Å². The topological polar surface area (TPSA) is 62.7 Å². The van der Waals surface area contributed by atoms with Crippen LogP contribution in [0.5, 0.6) is 0 Å². The van der Waals surface area contributed by atoms with Crippen molar-refractivity contribution < 1.29 is 18.0 Å². The van der Waals surface area contributed by atoms with Crippen molar-refractivity contribution >= 4 is 18.1 Å². The van der Waals surface area contributed by atoms with Gasteiger partial charge in [-0.05, 0) is 49.7 Å². The zero-order valence-corrected chi connectivity index (χ0v) is 15.9. The molecule has 0 aliphatic carbocycles. The minimum absolute atomic E-state index is 0.0445. The maximum absolute atomic E-state index is 13.6. The van der Waals surface area contributed by atoms with Crippen molar-refractivity contribution in [3.63, 3.8) is 0 Å². The van der Waals surface area contributed by atoms with Crippen LogP contribution >= 0.6 is 12.2 Å². The fourth-order valence-corrected chi connectivity index (χ4v) is 3.10. The van der Waals surface area contributed by atoms with E-state index in [1.807, 2.05) is 0 Å². The molecular weight excluding hydrogens is 389 g/mol. The molecule has 0 atom stereocenters. The van der Waals surface area contributed by atoms with E-state index in [-0.39, 0.29) is 22.3 Å². The molecule has 0 bridgehead atoms. The van der Waals surface area contributed by atoms with E-state index in [0.717, 1.165) is 11.8 Å². The van der Waals surface area contributed by atoms with Gasteiger partial charge in [-0.3, -0.25) is 4.79 Å². The van der Waals surface area contributed by atoms with Gasteiger partial charge in [-0.2, -0.15) is 18.3 Å². The number of aryl methyl sites for hydroxylation is 2. The van der Waals surface area contributed by atoms with Crippen LogP contribution < -0.4 is 5.32 Å². The van der Waals surface area contributed by atoms with Crippen molar-refractivity contribution in [1.29, 1.82) is 0 Å². The van der Waals surface area contributed by atoms with Gasteiger partial charge in [0.05, 0.1) is 22.5 Å². The third kappa shape index (κ3) is 4.14. The molecule has 2 N–H and O–H groups in total. The average molecular weight is 406 g/mol. The summed E-state index contributed by atoms with van der Waals surface area (Å²) in [6, 6.07) is 8.81. The number of hydrogen-bond acceptors (Lipinski definition) is 3. The summed E-state index contributed by atoms with van der Waals surface area (Å²) in [5.74, 6) is -0.544. The number of aromatic amines is 1. The summed E-state index contributed by atoms with van der Waals surface area (Å²) in [4.78, 5) is 15.0. The number of hydrogen-bond donors (Lipinski definition) is 2. The second-order valence-electron chi connectivity index (χ2n) is 6.27. The molecule has 2 heterocycles. The van der Waals surface area contributed by atoms with E-state index in [9.17, 15) is 18.0 Å². The van der Waals surface area contributed by atoms with E-state index in [0.29, 0.717) is 11.4 Å². The van der Waals surface area contributed by atoms with E-state index in [1.54, 1.807) is 38.2 Å². The third-order valence-corrected chi connectivity index (χ3v) is 4.49. The number of carbonyl (C=O) groups is 1. The van der Waals surface area contributed by atoms with E-state index < -0.39 is 17.6 Å². The summed E-state index contributed by atoms with van der Waals surface area (Å²) >= 11 is 5.02. The molecule has 9 heteroatoms. The maximum Gasteiger partial charge on any atom is 0.416 e. The van der Waals surface area contributed by atoms with E-state index >= 15 is 0 Å². The lowest BCUT2D eigenvalue weighted by molar-refractivity contribution is -0.138. The minimum atomic E-state index is -4.57. The Labute approximate surface area is 164 Å². The summed E-state index contributed by atoms with van der Waals surface area (Å²) < 4.78 is 42.5. The summed E-state index contributed by atoms with van der Waals surface area (Å²) in [5, 5.41) is 6.72. The first kappa shape index (κ1) is 19.8. The molecule has 0 fully saturated rings. The Morgan fingerprint density at radius 3 is 2.61 bits per heavy atom. The number of amides is 1. The van der Waals surface area contributed by atoms with Crippen molar-refractivity contribution in [1.82, 2.24) is 20.1 Å². The number of alkyl halides is 3. The number of halogens is 3. The Hall–Kier alpha value is -2.94. The van der Waals surface area contributed by atoms with Gasteiger partial charge in [-0.15, -0.1) is 0 Å².